The zero-order valence-electron chi connectivity index (χ0n) is 8.09. The molecule has 1 saturated heterocycles. The second-order valence-electron chi connectivity index (χ2n) is 3.70. The van der Waals surface area contributed by atoms with Crippen molar-refractivity contribution in [3.63, 3.8) is 0 Å². The van der Waals surface area contributed by atoms with E-state index in [4.69, 9.17) is 0 Å². The highest BCUT2D eigenvalue weighted by Crippen LogP contribution is 2.24. The molecule has 0 aromatic heterocycles. The molecular formula is C11H12BrNO. The summed E-state index contributed by atoms with van der Waals surface area (Å²) in [5, 5.41) is 0. The lowest BCUT2D eigenvalue weighted by Gasteiger charge is -2.17. The first-order valence-electron chi connectivity index (χ1n) is 4.69. The molecule has 2 nitrogen and oxygen atoms in total. The quantitative estimate of drug-likeness (QED) is 0.767. The molecule has 0 amide bonds. The summed E-state index contributed by atoms with van der Waals surface area (Å²) in [5.41, 5.74) is 2.36. The minimum absolute atomic E-state index is 0.336. The van der Waals surface area contributed by atoms with Crippen LogP contribution in [0.1, 0.15) is 12.0 Å². The van der Waals surface area contributed by atoms with E-state index in [1.807, 2.05) is 0 Å². The molecule has 1 aromatic carbocycles. The standard InChI is InChI=1S/C11H12BrNO/c1-8-4-9(12)6-10(5-8)13-3-2-11(14)7-13/h4-6H,2-3,7H2,1H3. The molecule has 0 spiro atoms. The molecule has 0 atom stereocenters. The number of rotatable bonds is 1. The first kappa shape index (κ1) is 9.71. The van der Waals surface area contributed by atoms with Crippen molar-refractivity contribution in [1.82, 2.24) is 0 Å². The van der Waals surface area contributed by atoms with Crippen LogP contribution in [-0.4, -0.2) is 18.9 Å². The smallest absolute Gasteiger partial charge is 0.153 e. The number of carbonyl (C=O) groups excluding carboxylic acids is 1. The van der Waals surface area contributed by atoms with Gasteiger partial charge >= 0.3 is 0 Å². The number of aryl methyl sites for hydroxylation is 1. The van der Waals surface area contributed by atoms with Gasteiger partial charge in [-0.15, -0.1) is 0 Å². The number of ketones is 1. The number of nitrogens with zero attached hydrogens (tertiary/aromatic N) is 1. The van der Waals surface area contributed by atoms with Crippen LogP contribution in [0, 0.1) is 6.92 Å². The van der Waals surface area contributed by atoms with Crippen molar-refractivity contribution in [1.29, 1.82) is 0 Å². The van der Waals surface area contributed by atoms with Crippen LogP contribution in [0.15, 0.2) is 22.7 Å². The molecule has 3 heteroatoms. The molecule has 2 rings (SSSR count). The van der Waals surface area contributed by atoms with E-state index in [2.05, 4.69) is 46.0 Å². The fourth-order valence-corrected chi connectivity index (χ4v) is 2.35. The topological polar surface area (TPSA) is 20.3 Å². The Hall–Kier alpha value is -0.830. The van der Waals surface area contributed by atoms with Crippen LogP contribution in [0.4, 0.5) is 5.69 Å². The lowest BCUT2D eigenvalue weighted by Crippen LogP contribution is -2.19. The largest absolute Gasteiger partial charge is 0.364 e. The molecule has 1 aliphatic heterocycles. The highest BCUT2D eigenvalue weighted by molar-refractivity contribution is 9.10. The van der Waals surface area contributed by atoms with Gasteiger partial charge in [-0.25, -0.2) is 0 Å². The monoisotopic (exact) mass is 253 g/mol. The van der Waals surface area contributed by atoms with Gasteiger partial charge in [0.2, 0.25) is 0 Å². The van der Waals surface area contributed by atoms with E-state index in [-0.39, 0.29) is 0 Å². The summed E-state index contributed by atoms with van der Waals surface area (Å²) in [5.74, 6) is 0.336. The van der Waals surface area contributed by atoms with Crippen LogP contribution in [0.5, 0.6) is 0 Å². The van der Waals surface area contributed by atoms with Gasteiger partial charge in [0.1, 0.15) is 0 Å². The average molecular weight is 254 g/mol. The Bertz CT molecular complexity index is 355. The van der Waals surface area contributed by atoms with Crippen LogP contribution < -0.4 is 4.90 Å². The van der Waals surface area contributed by atoms with Crippen molar-refractivity contribution in [2.24, 2.45) is 0 Å². The van der Waals surface area contributed by atoms with Crippen LogP contribution in [0.2, 0.25) is 0 Å². The average Bonchev–Trinajstić information content (AvgIpc) is 2.50. The third-order valence-electron chi connectivity index (χ3n) is 2.42. The number of hydrogen-bond acceptors (Lipinski definition) is 2. The van der Waals surface area contributed by atoms with Gasteiger partial charge in [-0.3, -0.25) is 4.79 Å². The number of carbonyl (C=O) groups is 1. The first-order chi connectivity index (χ1) is 6.65. The summed E-state index contributed by atoms with van der Waals surface area (Å²) in [6.45, 7) is 3.48. The Kier molecular flexibility index (Phi) is 2.59. The Morgan fingerprint density at radius 3 is 2.71 bits per heavy atom. The van der Waals surface area contributed by atoms with Crippen molar-refractivity contribution in [3.8, 4) is 0 Å². The molecule has 1 aromatic rings. The van der Waals surface area contributed by atoms with E-state index in [9.17, 15) is 4.79 Å². The number of halogens is 1. The Labute approximate surface area is 92.0 Å². The minimum Gasteiger partial charge on any atom is -0.364 e. The van der Waals surface area contributed by atoms with Gasteiger partial charge in [-0.1, -0.05) is 15.9 Å². The zero-order chi connectivity index (χ0) is 10.1. The summed E-state index contributed by atoms with van der Waals surface area (Å²) in [6, 6.07) is 6.25. The summed E-state index contributed by atoms with van der Waals surface area (Å²) in [4.78, 5) is 13.3. The lowest BCUT2D eigenvalue weighted by atomic mass is 10.2. The Morgan fingerprint density at radius 1 is 1.36 bits per heavy atom. The normalized spacial score (nSPS) is 16.4. The predicted molar refractivity (Wildman–Crippen MR) is 60.7 cm³/mol. The molecule has 74 valence electrons. The maximum Gasteiger partial charge on any atom is 0.153 e. The maximum atomic E-state index is 11.1. The van der Waals surface area contributed by atoms with E-state index in [1.165, 1.54) is 5.56 Å². The fraction of sp³-hybridized carbons (Fsp3) is 0.364. The number of benzene rings is 1. The van der Waals surface area contributed by atoms with Gasteiger partial charge < -0.3 is 4.90 Å². The highest BCUT2D eigenvalue weighted by Gasteiger charge is 2.19. The van der Waals surface area contributed by atoms with E-state index in [1.54, 1.807) is 0 Å². The third kappa shape index (κ3) is 1.98. The van der Waals surface area contributed by atoms with Crippen LogP contribution in [0.25, 0.3) is 0 Å². The molecule has 0 saturated carbocycles. The predicted octanol–water partition coefficient (Wildman–Crippen LogP) is 2.54. The third-order valence-corrected chi connectivity index (χ3v) is 2.88. The number of Topliss-reactive ketones (excluding diaryl/α,β-unsaturated/α-hetero) is 1. The van der Waals surface area contributed by atoms with E-state index in [0.717, 1.165) is 16.7 Å². The molecule has 0 aliphatic carbocycles. The highest BCUT2D eigenvalue weighted by atomic mass is 79.9. The van der Waals surface area contributed by atoms with Crippen molar-refractivity contribution in [2.75, 3.05) is 18.0 Å². The zero-order valence-corrected chi connectivity index (χ0v) is 9.67. The molecule has 0 bridgehead atoms. The fourth-order valence-electron chi connectivity index (χ4n) is 1.75. The van der Waals surface area contributed by atoms with Gasteiger partial charge in [0.15, 0.2) is 5.78 Å². The van der Waals surface area contributed by atoms with Gasteiger partial charge in [-0.05, 0) is 30.7 Å². The molecular weight excluding hydrogens is 242 g/mol. The first-order valence-corrected chi connectivity index (χ1v) is 5.48. The van der Waals surface area contributed by atoms with Crippen LogP contribution in [-0.2, 0) is 4.79 Å². The SMILES string of the molecule is Cc1cc(Br)cc(N2CCC(=O)C2)c1. The molecule has 1 heterocycles. The number of anilines is 1. The maximum absolute atomic E-state index is 11.1. The molecule has 1 fully saturated rings. The summed E-state index contributed by atoms with van der Waals surface area (Å²) >= 11 is 3.46. The van der Waals surface area contributed by atoms with Gasteiger partial charge in [0.25, 0.3) is 0 Å². The van der Waals surface area contributed by atoms with Crippen LogP contribution >= 0.6 is 15.9 Å². The van der Waals surface area contributed by atoms with Crippen LogP contribution in [0.3, 0.4) is 0 Å². The van der Waals surface area contributed by atoms with Crippen molar-refractivity contribution in [3.05, 3.63) is 28.2 Å². The van der Waals surface area contributed by atoms with Crippen molar-refractivity contribution in [2.45, 2.75) is 13.3 Å². The summed E-state index contributed by atoms with van der Waals surface area (Å²) in [6.07, 6.45) is 0.686. The number of hydrogen-bond donors (Lipinski definition) is 0. The molecule has 14 heavy (non-hydrogen) atoms. The second kappa shape index (κ2) is 3.73. The van der Waals surface area contributed by atoms with Crippen molar-refractivity contribution < 1.29 is 4.79 Å². The van der Waals surface area contributed by atoms with Gasteiger partial charge in [-0.2, -0.15) is 0 Å². The van der Waals surface area contributed by atoms with E-state index < -0.39 is 0 Å². The molecule has 0 unspecified atom stereocenters. The van der Waals surface area contributed by atoms with E-state index >= 15 is 0 Å². The molecule has 1 aliphatic rings. The summed E-state index contributed by atoms with van der Waals surface area (Å²) in [7, 11) is 0. The molecule has 0 radical (unpaired) electrons. The summed E-state index contributed by atoms with van der Waals surface area (Å²) < 4.78 is 1.08. The van der Waals surface area contributed by atoms with Gasteiger partial charge in [0.05, 0.1) is 6.54 Å². The Balaban J connectivity index is 2.27. The minimum atomic E-state index is 0.336. The van der Waals surface area contributed by atoms with Gasteiger partial charge in [0, 0.05) is 23.1 Å². The van der Waals surface area contributed by atoms with E-state index in [0.29, 0.717) is 18.7 Å². The second-order valence-corrected chi connectivity index (χ2v) is 4.61. The lowest BCUT2D eigenvalue weighted by molar-refractivity contribution is -0.116. The molecule has 0 N–H and O–H groups in total. The van der Waals surface area contributed by atoms with Crippen molar-refractivity contribution >= 4 is 27.4 Å². The Morgan fingerprint density at radius 2 is 2.14 bits per heavy atom.